The van der Waals surface area contributed by atoms with E-state index in [4.69, 9.17) is 4.42 Å². The molecule has 1 aromatic heterocycles. The molecule has 0 radical (unpaired) electrons. The first-order valence-corrected chi connectivity index (χ1v) is 9.69. The minimum atomic E-state index is -3.70. The van der Waals surface area contributed by atoms with Crippen molar-refractivity contribution in [2.24, 2.45) is 0 Å². The Morgan fingerprint density at radius 2 is 1.77 bits per heavy atom. The number of ketones is 1. The molecule has 26 heavy (non-hydrogen) atoms. The highest BCUT2D eigenvalue weighted by Gasteiger charge is 2.31. The highest BCUT2D eigenvalue weighted by molar-refractivity contribution is 7.89. The van der Waals surface area contributed by atoms with Crippen LogP contribution in [0.15, 0.2) is 45.9 Å². The summed E-state index contributed by atoms with van der Waals surface area (Å²) in [5, 5.41) is 0. The lowest BCUT2D eigenvalue weighted by molar-refractivity contribution is 0.0696. The Kier molecular flexibility index (Phi) is 4.97. The van der Waals surface area contributed by atoms with Crippen molar-refractivity contribution in [2.45, 2.75) is 18.7 Å². The van der Waals surface area contributed by atoms with Crippen molar-refractivity contribution in [3.63, 3.8) is 0 Å². The molecule has 1 aliphatic heterocycles. The summed E-state index contributed by atoms with van der Waals surface area (Å²) in [6, 6.07) is 7.64. The van der Waals surface area contributed by atoms with Gasteiger partial charge in [-0.3, -0.25) is 9.59 Å². The van der Waals surface area contributed by atoms with Crippen LogP contribution in [0.25, 0.3) is 0 Å². The Balaban J connectivity index is 1.73. The van der Waals surface area contributed by atoms with Gasteiger partial charge in [-0.15, -0.1) is 0 Å². The molecule has 0 saturated carbocycles. The van der Waals surface area contributed by atoms with Crippen molar-refractivity contribution in [3.05, 3.63) is 53.5 Å². The van der Waals surface area contributed by atoms with E-state index >= 15 is 0 Å². The molecule has 1 fully saturated rings. The highest BCUT2D eigenvalue weighted by atomic mass is 32.2. The number of furan rings is 1. The first-order chi connectivity index (χ1) is 12.3. The third-order valence-electron chi connectivity index (χ3n) is 4.49. The standard InChI is InChI=1S/C18H20N2O5S/c1-13(21)15-4-3-5-16(12-15)26(23,24)20-9-7-19(8-10-20)18(22)17-6-11-25-14(17)2/h3-6,11-12H,7-10H2,1-2H3. The fraction of sp³-hybridized carbons (Fsp3) is 0.333. The van der Waals surface area contributed by atoms with Crippen LogP contribution in [0.2, 0.25) is 0 Å². The number of aryl methyl sites for hydroxylation is 1. The number of Topliss-reactive ketones (excluding diaryl/α,β-unsaturated/α-hetero) is 1. The molecule has 1 amide bonds. The van der Waals surface area contributed by atoms with E-state index < -0.39 is 10.0 Å². The van der Waals surface area contributed by atoms with Gasteiger partial charge in [-0.1, -0.05) is 12.1 Å². The van der Waals surface area contributed by atoms with Crippen LogP contribution in [0, 0.1) is 6.92 Å². The number of hydrogen-bond donors (Lipinski definition) is 0. The molecule has 0 bridgehead atoms. The normalized spacial score (nSPS) is 15.8. The number of amides is 1. The quantitative estimate of drug-likeness (QED) is 0.761. The first-order valence-electron chi connectivity index (χ1n) is 8.25. The van der Waals surface area contributed by atoms with E-state index in [1.54, 1.807) is 30.0 Å². The lowest BCUT2D eigenvalue weighted by Crippen LogP contribution is -2.50. The van der Waals surface area contributed by atoms with Gasteiger partial charge in [0.15, 0.2) is 5.78 Å². The summed E-state index contributed by atoms with van der Waals surface area (Å²) in [6.45, 7) is 4.12. The van der Waals surface area contributed by atoms with Crippen LogP contribution in [0.5, 0.6) is 0 Å². The molecule has 0 spiro atoms. The fourth-order valence-electron chi connectivity index (χ4n) is 2.93. The maximum absolute atomic E-state index is 12.8. The van der Waals surface area contributed by atoms with Gasteiger partial charge in [-0.2, -0.15) is 4.31 Å². The molecule has 7 nitrogen and oxygen atoms in total. The van der Waals surface area contributed by atoms with E-state index in [9.17, 15) is 18.0 Å². The lowest BCUT2D eigenvalue weighted by atomic mass is 10.2. The average molecular weight is 376 g/mol. The van der Waals surface area contributed by atoms with Crippen LogP contribution in [0.3, 0.4) is 0 Å². The monoisotopic (exact) mass is 376 g/mol. The zero-order chi connectivity index (χ0) is 18.9. The maximum Gasteiger partial charge on any atom is 0.257 e. The van der Waals surface area contributed by atoms with Gasteiger partial charge >= 0.3 is 0 Å². The van der Waals surface area contributed by atoms with Gasteiger partial charge in [-0.05, 0) is 32.0 Å². The summed E-state index contributed by atoms with van der Waals surface area (Å²) in [6.07, 6.45) is 1.46. The molecule has 0 aliphatic carbocycles. The number of benzene rings is 1. The fourth-order valence-corrected chi connectivity index (χ4v) is 4.40. The molecule has 1 aromatic carbocycles. The molecule has 0 N–H and O–H groups in total. The number of hydrogen-bond acceptors (Lipinski definition) is 5. The zero-order valence-corrected chi connectivity index (χ0v) is 15.5. The number of sulfonamides is 1. The molecule has 8 heteroatoms. The van der Waals surface area contributed by atoms with Crippen molar-refractivity contribution in [2.75, 3.05) is 26.2 Å². The van der Waals surface area contributed by atoms with Crippen LogP contribution in [-0.2, 0) is 10.0 Å². The summed E-state index contributed by atoms with van der Waals surface area (Å²) in [5.74, 6) is 0.200. The van der Waals surface area contributed by atoms with Crippen molar-refractivity contribution in [1.82, 2.24) is 9.21 Å². The number of carbonyl (C=O) groups is 2. The first kappa shape index (κ1) is 18.3. The zero-order valence-electron chi connectivity index (χ0n) is 14.6. The topological polar surface area (TPSA) is 87.9 Å². The Morgan fingerprint density at radius 3 is 2.35 bits per heavy atom. The van der Waals surface area contributed by atoms with Crippen LogP contribution in [0.4, 0.5) is 0 Å². The summed E-state index contributed by atoms with van der Waals surface area (Å²) < 4.78 is 32.1. The molecule has 1 saturated heterocycles. The number of rotatable bonds is 4. The van der Waals surface area contributed by atoms with Crippen LogP contribution in [0.1, 0.15) is 33.4 Å². The van der Waals surface area contributed by atoms with Gasteiger partial charge in [-0.25, -0.2) is 8.42 Å². The summed E-state index contributed by atoms with van der Waals surface area (Å²) >= 11 is 0. The third kappa shape index (κ3) is 3.42. The molecule has 2 heterocycles. The SMILES string of the molecule is CC(=O)c1cccc(S(=O)(=O)N2CCN(C(=O)c3ccoc3C)CC2)c1. The second-order valence-corrected chi connectivity index (χ2v) is 8.11. The number of carbonyl (C=O) groups excluding carboxylic acids is 2. The van der Waals surface area contributed by atoms with Gasteiger partial charge in [0.05, 0.1) is 16.7 Å². The molecule has 0 atom stereocenters. The van der Waals surface area contributed by atoms with E-state index in [1.807, 2.05) is 0 Å². The predicted octanol–water partition coefficient (Wildman–Crippen LogP) is 1.94. The highest BCUT2D eigenvalue weighted by Crippen LogP contribution is 2.20. The van der Waals surface area contributed by atoms with Crippen LogP contribution in [-0.4, -0.2) is 55.5 Å². The van der Waals surface area contributed by atoms with Crippen molar-refractivity contribution in [3.8, 4) is 0 Å². The van der Waals surface area contributed by atoms with Gasteiger partial charge in [0, 0.05) is 31.7 Å². The smallest absolute Gasteiger partial charge is 0.257 e. The maximum atomic E-state index is 12.8. The Labute approximate surface area is 152 Å². The number of nitrogens with zero attached hydrogens (tertiary/aromatic N) is 2. The minimum absolute atomic E-state index is 0.0932. The average Bonchev–Trinajstić information content (AvgIpc) is 3.07. The molecular formula is C18H20N2O5S. The van der Waals surface area contributed by atoms with E-state index in [0.717, 1.165) is 0 Å². The van der Waals surface area contributed by atoms with Crippen LogP contribution < -0.4 is 0 Å². The van der Waals surface area contributed by atoms with Gasteiger partial charge in [0.2, 0.25) is 10.0 Å². The van der Waals surface area contributed by atoms with E-state index in [2.05, 4.69) is 0 Å². The lowest BCUT2D eigenvalue weighted by Gasteiger charge is -2.34. The largest absolute Gasteiger partial charge is 0.469 e. The van der Waals surface area contributed by atoms with Crippen molar-refractivity contribution < 1.29 is 22.4 Å². The second kappa shape index (κ2) is 7.05. The Hall–Kier alpha value is -2.45. The van der Waals surface area contributed by atoms with Gasteiger partial charge in [0.25, 0.3) is 5.91 Å². The van der Waals surface area contributed by atoms with Crippen LogP contribution >= 0.6 is 0 Å². The van der Waals surface area contributed by atoms with Crippen molar-refractivity contribution in [1.29, 1.82) is 0 Å². The molecule has 3 rings (SSSR count). The molecule has 1 aliphatic rings. The van der Waals surface area contributed by atoms with E-state index in [0.29, 0.717) is 30.0 Å². The molecule has 2 aromatic rings. The molecule has 138 valence electrons. The predicted molar refractivity (Wildman–Crippen MR) is 94.6 cm³/mol. The second-order valence-electron chi connectivity index (χ2n) is 6.17. The third-order valence-corrected chi connectivity index (χ3v) is 6.39. The van der Waals surface area contributed by atoms with E-state index in [-0.39, 0.29) is 29.7 Å². The Morgan fingerprint density at radius 1 is 1.08 bits per heavy atom. The number of piperazine rings is 1. The molecular weight excluding hydrogens is 356 g/mol. The van der Waals surface area contributed by atoms with Gasteiger partial charge in [0.1, 0.15) is 5.76 Å². The molecule has 0 unspecified atom stereocenters. The summed E-state index contributed by atoms with van der Waals surface area (Å²) in [4.78, 5) is 25.7. The summed E-state index contributed by atoms with van der Waals surface area (Å²) in [7, 11) is -3.70. The van der Waals surface area contributed by atoms with E-state index in [1.165, 1.54) is 29.6 Å². The summed E-state index contributed by atoms with van der Waals surface area (Å²) in [5.41, 5.74) is 0.853. The van der Waals surface area contributed by atoms with Gasteiger partial charge < -0.3 is 9.32 Å². The Bertz CT molecular complexity index is 940. The minimum Gasteiger partial charge on any atom is -0.469 e. The van der Waals surface area contributed by atoms with Crippen molar-refractivity contribution >= 4 is 21.7 Å².